The summed E-state index contributed by atoms with van der Waals surface area (Å²) >= 11 is 0. The Bertz CT molecular complexity index is 913. The SMILES string of the molecule is Cc1cc(C)cc(S(=O)(=O)N(Cc2ccccn2)Cc2ccccn2)c1. The van der Waals surface area contributed by atoms with Crippen LogP contribution in [-0.2, 0) is 23.1 Å². The van der Waals surface area contributed by atoms with Crippen molar-refractivity contribution in [2.45, 2.75) is 31.8 Å². The monoisotopic (exact) mass is 367 g/mol. The van der Waals surface area contributed by atoms with Crippen molar-refractivity contribution >= 4 is 10.0 Å². The molecule has 6 heteroatoms. The van der Waals surface area contributed by atoms with Crippen LogP contribution in [0.25, 0.3) is 0 Å². The van der Waals surface area contributed by atoms with E-state index in [-0.39, 0.29) is 13.1 Å². The van der Waals surface area contributed by atoms with E-state index in [1.165, 1.54) is 4.31 Å². The molecule has 0 amide bonds. The van der Waals surface area contributed by atoms with Crippen LogP contribution in [0.15, 0.2) is 71.9 Å². The molecule has 0 radical (unpaired) electrons. The molecule has 0 saturated carbocycles. The van der Waals surface area contributed by atoms with Crippen molar-refractivity contribution in [3.8, 4) is 0 Å². The first-order valence-corrected chi connectivity index (χ1v) is 9.77. The van der Waals surface area contributed by atoms with Crippen molar-refractivity contribution in [2.75, 3.05) is 0 Å². The number of benzene rings is 1. The Labute approximate surface area is 154 Å². The minimum Gasteiger partial charge on any atom is -0.260 e. The second kappa shape index (κ2) is 7.76. The molecule has 0 bridgehead atoms. The van der Waals surface area contributed by atoms with E-state index in [0.717, 1.165) is 11.1 Å². The second-order valence-electron chi connectivity index (χ2n) is 6.24. The quantitative estimate of drug-likeness (QED) is 0.669. The maximum Gasteiger partial charge on any atom is 0.243 e. The summed E-state index contributed by atoms with van der Waals surface area (Å²) in [5, 5.41) is 0. The summed E-state index contributed by atoms with van der Waals surface area (Å²) in [6.07, 6.45) is 3.33. The lowest BCUT2D eigenvalue weighted by atomic mass is 10.2. The fraction of sp³-hybridized carbons (Fsp3) is 0.200. The lowest BCUT2D eigenvalue weighted by molar-refractivity contribution is 0.392. The van der Waals surface area contributed by atoms with Gasteiger partial charge < -0.3 is 0 Å². The molecule has 1 aromatic carbocycles. The van der Waals surface area contributed by atoms with Crippen LogP contribution in [0.2, 0.25) is 0 Å². The summed E-state index contributed by atoms with van der Waals surface area (Å²) in [5.41, 5.74) is 3.21. The predicted molar refractivity (Wildman–Crippen MR) is 101 cm³/mol. The molecule has 3 aromatic rings. The average Bonchev–Trinajstić information content (AvgIpc) is 2.62. The van der Waals surface area contributed by atoms with E-state index in [1.807, 2.05) is 56.3 Å². The Balaban J connectivity index is 2.00. The van der Waals surface area contributed by atoms with Gasteiger partial charge in [-0.3, -0.25) is 9.97 Å². The molecule has 0 atom stereocenters. The molecule has 0 aliphatic carbocycles. The zero-order valence-electron chi connectivity index (χ0n) is 14.8. The van der Waals surface area contributed by atoms with Crippen LogP contribution >= 0.6 is 0 Å². The second-order valence-corrected chi connectivity index (χ2v) is 8.18. The van der Waals surface area contributed by atoms with Crippen molar-refractivity contribution < 1.29 is 8.42 Å². The topological polar surface area (TPSA) is 63.2 Å². The molecule has 0 spiro atoms. The summed E-state index contributed by atoms with van der Waals surface area (Å²) in [7, 11) is -3.69. The van der Waals surface area contributed by atoms with E-state index < -0.39 is 10.0 Å². The Kier molecular flexibility index (Phi) is 5.44. The van der Waals surface area contributed by atoms with Crippen molar-refractivity contribution in [1.82, 2.24) is 14.3 Å². The minimum atomic E-state index is -3.69. The third-order valence-corrected chi connectivity index (χ3v) is 5.73. The Hall–Kier alpha value is -2.57. The maximum absolute atomic E-state index is 13.3. The van der Waals surface area contributed by atoms with Gasteiger partial charge in [-0.25, -0.2) is 8.42 Å². The van der Waals surface area contributed by atoms with Gasteiger partial charge in [0.1, 0.15) is 0 Å². The summed E-state index contributed by atoms with van der Waals surface area (Å²) in [6, 6.07) is 16.3. The molecule has 2 heterocycles. The third-order valence-electron chi connectivity index (χ3n) is 3.96. The van der Waals surface area contributed by atoms with Crippen LogP contribution in [-0.4, -0.2) is 22.7 Å². The molecule has 2 aromatic heterocycles. The molecule has 0 fully saturated rings. The predicted octanol–water partition coefficient (Wildman–Crippen LogP) is 3.48. The highest BCUT2D eigenvalue weighted by molar-refractivity contribution is 7.89. The van der Waals surface area contributed by atoms with E-state index in [9.17, 15) is 8.42 Å². The fourth-order valence-corrected chi connectivity index (χ4v) is 4.37. The van der Waals surface area contributed by atoms with Crippen LogP contribution in [0.4, 0.5) is 0 Å². The van der Waals surface area contributed by atoms with E-state index in [0.29, 0.717) is 16.3 Å². The van der Waals surface area contributed by atoms with Gasteiger partial charge in [0, 0.05) is 12.4 Å². The molecule has 26 heavy (non-hydrogen) atoms. The largest absolute Gasteiger partial charge is 0.260 e. The Morgan fingerprint density at radius 1 is 0.808 bits per heavy atom. The number of aryl methyl sites for hydroxylation is 2. The maximum atomic E-state index is 13.3. The number of hydrogen-bond donors (Lipinski definition) is 0. The molecule has 0 unspecified atom stereocenters. The highest BCUT2D eigenvalue weighted by Gasteiger charge is 2.26. The van der Waals surface area contributed by atoms with Crippen molar-refractivity contribution in [3.05, 3.63) is 89.5 Å². The van der Waals surface area contributed by atoms with Gasteiger partial charge in [-0.1, -0.05) is 18.2 Å². The Morgan fingerprint density at radius 2 is 1.31 bits per heavy atom. The third kappa shape index (κ3) is 4.33. The van der Waals surface area contributed by atoms with Gasteiger partial charge in [-0.05, 0) is 61.4 Å². The van der Waals surface area contributed by atoms with Gasteiger partial charge in [-0.15, -0.1) is 0 Å². The highest BCUT2D eigenvalue weighted by Crippen LogP contribution is 2.22. The normalized spacial score (nSPS) is 11.7. The van der Waals surface area contributed by atoms with Crippen molar-refractivity contribution in [3.63, 3.8) is 0 Å². The first-order chi connectivity index (χ1) is 12.4. The standard InChI is InChI=1S/C20H21N3O2S/c1-16-11-17(2)13-20(12-16)26(24,25)23(14-18-7-3-5-9-21-18)15-19-8-4-6-10-22-19/h3-13H,14-15H2,1-2H3. The number of sulfonamides is 1. The Morgan fingerprint density at radius 3 is 1.73 bits per heavy atom. The van der Waals surface area contributed by atoms with Crippen LogP contribution in [0, 0.1) is 13.8 Å². The van der Waals surface area contributed by atoms with E-state index in [4.69, 9.17) is 0 Å². The van der Waals surface area contributed by atoms with Gasteiger partial charge in [0.25, 0.3) is 0 Å². The molecule has 5 nitrogen and oxygen atoms in total. The number of rotatable bonds is 6. The number of aromatic nitrogens is 2. The van der Waals surface area contributed by atoms with Gasteiger partial charge >= 0.3 is 0 Å². The van der Waals surface area contributed by atoms with E-state index in [2.05, 4.69) is 9.97 Å². The first-order valence-electron chi connectivity index (χ1n) is 8.33. The number of pyridine rings is 2. The zero-order valence-corrected chi connectivity index (χ0v) is 15.6. The van der Waals surface area contributed by atoms with Gasteiger partial charge in [-0.2, -0.15) is 4.31 Å². The number of hydrogen-bond acceptors (Lipinski definition) is 4. The van der Waals surface area contributed by atoms with Crippen molar-refractivity contribution in [2.24, 2.45) is 0 Å². The lowest BCUT2D eigenvalue weighted by Gasteiger charge is -2.22. The van der Waals surface area contributed by atoms with Gasteiger partial charge in [0.15, 0.2) is 0 Å². The van der Waals surface area contributed by atoms with Gasteiger partial charge in [0.2, 0.25) is 10.0 Å². The van der Waals surface area contributed by atoms with Gasteiger partial charge in [0.05, 0.1) is 29.4 Å². The van der Waals surface area contributed by atoms with E-state index >= 15 is 0 Å². The smallest absolute Gasteiger partial charge is 0.243 e. The molecule has 134 valence electrons. The van der Waals surface area contributed by atoms with Crippen LogP contribution in [0.5, 0.6) is 0 Å². The summed E-state index contributed by atoms with van der Waals surface area (Å²) in [6.45, 7) is 4.17. The molecule has 0 aliphatic heterocycles. The minimum absolute atomic E-state index is 0.187. The van der Waals surface area contributed by atoms with Crippen LogP contribution < -0.4 is 0 Å². The van der Waals surface area contributed by atoms with Crippen LogP contribution in [0.1, 0.15) is 22.5 Å². The summed E-state index contributed by atoms with van der Waals surface area (Å²) in [5.74, 6) is 0. The molecule has 0 N–H and O–H groups in total. The number of nitrogens with zero attached hydrogens (tertiary/aromatic N) is 3. The molecule has 0 aliphatic rings. The van der Waals surface area contributed by atoms with Crippen molar-refractivity contribution in [1.29, 1.82) is 0 Å². The fourth-order valence-electron chi connectivity index (χ4n) is 2.80. The lowest BCUT2D eigenvalue weighted by Crippen LogP contribution is -2.31. The van der Waals surface area contributed by atoms with E-state index in [1.54, 1.807) is 24.5 Å². The molecular formula is C20H21N3O2S. The molecule has 3 rings (SSSR count). The molecule has 0 saturated heterocycles. The summed E-state index contributed by atoms with van der Waals surface area (Å²) < 4.78 is 28.1. The first kappa shape index (κ1) is 18.2. The summed E-state index contributed by atoms with van der Waals surface area (Å²) in [4.78, 5) is 8.85. The highest BCUT2D eigenvalue weighted by atomic mass is 32.2. The average molecular weight is 367 g/mol. The van der Waals surface area contributed by atoms with Crippen LogP contribution in [0.3, 0.4) is 0 Å². The zero-order chi connectivity index (χ0) is 18.6. The molecular weight excluding hydrogens is 346 g/mol.